The molecule has 0 aliphatic carbocycles. The van der Waals surface area contributed by atoms with Crippen molar-refractivity contribution in [2.24, 2.45) is 0 Å². The summed E-state index contributed by atoms with van der Waals surface area (Å²) in [6.45, 7) is 0. The quantitative estimate of drug-likeness (QED) is 0.834. The van der Waals surface area contributed by atoms with Crippen molar-refractivity contribution in [3.8, 4) is 6.07 Å². The molecule has 0 spiro atoms. The number of rotatable bonds is 3. The van der Waals surface area contributed by atoms with Crippen molar-refractivity contribution < 1.29 is 9.90 Å². The minimum Gasteiger partial charge on any atom is -0.380 e. The summed E-state index contributed by atoms with van der Waals surface area (Å²) in [5.74, 6) is -0.370. The molecule has 0 heterocycles. The maximum atomic E-state index is 12.0. The summed E-state index contributed by atoms with van der Waals surface area (Å²) in [7, 11) is 0. The van der Waals surface area contributed by atoms with Gasteiger partial charge in [0.15, 0.2) is 5.78 Å². The molecule has 0 fully saturated rings. The van der Waals surface area contributed by atoms with Crippen LogP contribution in [0, 0.1) is 11.3 Å². The van der Waals surface area contributed by atoms with Crippen molar-refractivity contribution in [1.82, 2.24) is 0 Å². The van der Waals surface area contributed by atoms with Crippen molar-refractivity contribution in [3.63, 3.8) is 0 Å². The van der Waals surface area contributed by atoms with Crippen LogP contribution < -0.4 is 0 Å². The van der Waals surface area contributed by atoms with Crippen LogP contribution in [-0.4, -0.2) is 10.9 Å². The van der Waals surface area contributed by atoms with Crippen LogP contribution in [0.5, 0.6) is 0 Å². The number of nitriles is 1. The van der Waals surface area contributed by atoms with Crippen LogP contribution in [0.4, 0.5) is 0 Å². The molecular weight excluding hydrogens is 226 g/mol. The number of nitrogens with zero attached hydrogens (tertiary/aromatic N) is 1. The third-order valence-corrected chi connectivity index (χ3v) is 2.66. The fourth-order valence-corrected chi connectivity index (χ4v) is 1.65. The second-order valence-electron chi connectivity index (χ2n) is 3.87. The minimum absolute atomic E-state index is 0.370. The van der Waals surface area contributed by atoms with E-state index < -0.39 is 6.10 Å². The largest absolute Gasteiger partial charge is 0.380 e. The predicted molar refractivity (Wildman–Crippen MR) is 66.9 cm³/mol. The van der Waals surface area contributed by atoms with E-state index in [0.717, 1.165) is 0 Å². The SMILES string of the molecule is N#Cc1ccc(C(=O)C(O)c2ccccc2)cc1. The van der Waals surface area contributed by atoms with Gasteiger partial charge in [-0.05, 0) is 29.8 Å². The van der Waals surface area contributed by atoms with Crippen LogP contribution in [0.2, 0.25) is 0 Å². The lowest BCUT2D eigenvalue weighted by Crippen LogP contribution is -2.12. The lowest BCUT2D eigenvalue weighted by Gasteiger charge is -2.09. The Morgan fingerprint density at radius 3 is 2.22 bits per heavy atom. The second kappa shape index (κ2) is 5.26. The fourth-order valence-electron chi connectivity index (χ4n) is 1.65. The average Bonchev–Trinajstić information content (AvgIpc) is 2.47. The first kappa shape index (κ1) is 12.0. The van der Waals surface area contributed by atoms with Crippen molar-refractivity contribution >= 4 is 5.78 Å². The zero-order valence-electron chi connectivity index (χ0n) is 9.58. The van der Waals surface area contributed by atoms with Crippen molar-refractivity contribution in [2.75, 3.05) is 0 Å². The molecule has 18 heavy (non-hydrogen) atoms. The first-order valence-electron chi connectivity index (χ1n) is 5.50. The molecule has 3 nitrogen and oxygen atoms in total. The molecule has 2 aromatic carbocycles. The number of hydrogen-bond donors (Lipinski definition) is 1. The first-order chi connectivity index (χ1) is 8.72. The zero-order chi connectivity index (χ0) is 13.0. The smallest absolute Gasteiger partial charge is 0.195 e. The van der Waals surface area contributed by atoms with E-state index in [9.17, 15) is 9.90 Å². The molecule has 2 aromatic rings. The van der Waals surface area contributed by atoms with Gasteiger partial charge >= 0.3 is 0 Å². The van der Waals surface area contributed by atoms with Gasteiger partial charge in [-0.2, -0.15) is 5.26 Å². The topological polar surface area (TPSA) is 61.1 Å². The van der Waals surface area contributed by atoms with Crippen LogP contribution in [0.25, 0.3) is 0 Å². The van der Waals surface area contributed by atoms with E-state index in [2.05, 4.69) is 0 Å². The number of aliphatic hydroxyl groups excluding tert-OH is 1. The number of ketones is 1. The first-order valence-corrected chi connectivity index (χ1v) is 5.50. The normalized spacial score (nSPS) is 11.6. The van der Waals surface area contributed by atoms with Gasteiger partial charge in [0.25, 0.3) is 0 Å². The minimum atomic E-state index is -1.17. The Morgan fingerprint density at radius 2 is 1.67 bits per heavy atom. The Kier molecular flexibility index (Phi) is 3.52. The maximum Gasteiger partial charge on any atom is 0.195 e. The summed E-state index contributed by atoms with van der Waals surface area (Å²) in [6, 6.07) is 17.0. The predicted octanol–water partition coefficient (Wildman–Crippen LogP) is 2.47. The number of Topliss-reactive ketones (excluding diaryl/α,β-unsaturated/α-hetero) is 1. The van der Waals surface area contributed by atoms with Crippen molar-refractivity contribution in [3.05, 3.63) is 71.3 Å². The van der Waals surface area contributed by atoms with Crippen LogP contribution in [0.15, 0.2) is 54.6 Å². The number of carbonyl (C=O) groups is 1. The maximum absolute atomic E-state index is 12.0. The third kappa shape index (κ3) is 2.45. The molecule has 0 bridgehead atoms. The Labute approximate surface area is 105 Å². The monoisotopic (exact) mass is 237 g/mol. The molecule has 1 atom stereocenters. The Morgan fingerprint density at radius 1 is 1.06 bits per heavy atom. The van der Waals surface area contributed by atoms with Crippen molar-refractivity contribution in [1.29, 1.82) is 5.26 Å². The molecule has 3 heteroatoms. The summed E-state index contributed by atoms with van der Waals surface area (Å²) in [5.41, 5.74) is 1.44. The highest BCUT2D eigenvalue weighted by molar-refractivity contribution is 5.99. The van der Waals surface area contributed by atoms with E-state index in [1.54, 1.807) is 48.5 Å². The zero-order valence-corrected chi connectivity index (χ0v) is 9.58. The van der Waals surface area contributed by atoms with E-state index in [1.807, 2.05) is 12.1 Å². The van der Waals surface area contributed by atoms with Gasteiger partial charge in [0, 0.05) is 5.56 Å². The number of aliphatic hydroxyl groups is 1. The van der Waals surface area contributed by atoms with Gasteiger partial charge < -0.3 is 5.11 Å². The van der Waals surface area contributed by atoms with E-state index in [1.165, 1.54) is 0 Å². The van der Waals surface area contributed by atoms with Crippen LogP contribution in [-0.2, 0) is 0 Å². The molecule has 0 saturated carbocycles. The van der Waals surface area contributed by atoms with Gasteiger partial charge in [-0.1, -0.05) is 30.3 Å². The lowest BCUT2D eigenvalue weighted by atomic mass is 9.99. The molecule has 1 N–H and O–H groups in total. The number of benzene rings is 2. The lowest BCUT2D eigenvalue weighted by molar-refractivity contribution is 0.0747. The van der Waals surface area contributed by atoms with Gasteiger partial charge in [0.2, 0.25) is 0 Å². The highest BCUT2D eigenvalue weighted by atomic mass is 16.3. The number of hydrogen-bond acceptors (Lipinski definition) is 3. The van der Waals surface area contributed by atoms with E-state index in [4.69, 9.17) is 5.26 Å². The average molecular weight is 237 g/mol. The van der Waals surface area contributed by atoms with Gasteiger partial charge in [-0.3, -0.25) is 4.79 Å². The Bertz CT molecular complexity index is 582. The third-order valence-electron chi connectivity index (χ3n) is 2.66. The van der Waals surface area contributed by atoms with Gasteiger partial charge in [-0.15, -0.1) is 0 Å². The second-order valence-corrected chi connectivity index (χ2v) is 3.87. The molecule has 0 amide bonds. The van der Waals surface area contributed by atoms with E-state index >= 15 is 0 Å². The van der Waals surface area contributed by atoms with E-state index in [0.29, 0.717) is 16.7 Å². The Balaban J connectivity index is 2.23. The van der Waals surface area contributed by atoms with Crippen LogP contribution >= 0.6 is 0 Å². The number of carbonyl (C=O) groups excluding carboxylic acids is 1. The molecule has 0 aliphatic rings. The summed E-state index contributed by atoms with van der Waals surface area (Å²) >= 11 is 0. The highest BCUT2D eigenvalue weighted by Gasteiger charge is 2.18. The van der Waals surface area contributed by atoms with Gasteiger partial charge in [0.05, 0.1) is 11.6 Å². The highest BCUT2D eigenvalue weighted by Crippen LogP contribution is 2.18. The molecule has 1 unspecified atom stereocenters. The standard InChI is InChI=1S/C15H11NO2/c16-10-11-6-8-13(9-7-11)15(18)14(17)12-4-2-1-3-5-12/h1-9,14,17H. The molecule has 2 rings (SSSR count). The van der Waals surface area contributed by atoms with Gasteiger partial charge in [0.1, 0.15) is 6.10 Å². The molecule has 0 radical (unpaired) electrons. The van der Waals surface area contributed by atoms with E-state index in [-0.39, 0.29) is 5.78 Å². The summed E-state index contributed by atoms with van der Waals surface area (Å²) in [5, 5.41) is 18.6. The summed E-state index contributed by atoms with van der Waals surface area (Å²) < 4.78 is 0. The molecule has 88 valence electrons. The molecule has 0 saturated heterocycles. The van der Waals surface area contributed by atoms with Crippen LogP contribution in [0.1, 0.15) is 27.6 Å². The molecule has 0 aromatic heterocycles. The van der Waals surface area contributed by atoms with Gasteiger partial charge in [-0.25, -0.2) is 0 Å². The molecular formula is C15H11NO2. The van der Waals surface area contributed by atoms with Crippen molar-refractivity contribution in [2.45, 2.75) is 6.10 Å². The van der Waals surface area contributed by atoms with Crippen LogP contribution in [0.3, 0.4) is 0 Å². The fraction of sp³-hybridized carbons (Fsp3) is 0.0667. The molecule has 0 aliphatic heterocycles. The summed E-state index contributed by atoms with van der Waals surface area (Å²) in [4.78, 5) is 12.0. The Hall–Kier alpha value is -2.44. The summed E-state index contributed by atoms with van der Waals surface area (Å²) in [6.07, 6.45) is -1.17.